The van der Waals surface area contributed by atoms with Gasteiger partial charge in [0.25, 0.3) is 0 Å². The number of rotatable bonds is 6. The number of thiophene rings is 1. The van der Waals surface area contributed by atoms with Gasteiger partial charge in [-0.15, -0.1) is 11.3 Å². The molecule has 0 bridgehead atoms. The van der Waals surface area contributed by atoms with Crippen molar-refractivity contribution in [1.82, 2.24) is 9.88 Å². The van der Waals surface area contributed by atoms with Crippen molar-refractivity contribution in [2.45, 2.75) is 32.0 Å². The highest BCUT2D eigenvalue weighted by Gasteiger charge is 2.29. The topological polar surface area (TPSA) is 42.1 Å². The molecular formula is C15H17N3S2. The van der Waals surface area contributed by atoms with Gasteiger partial charge in [0.05, 0.1) is 0 Å². The fourth-order valence-electron chi connectivity index (χ4n) is 2.36. The van der Waals surface area contributed by atoms with Crippen molar-refractivity contribution >= 4 is 28.5 Å². The van der Waals surface area contributed by atoms with Crippen LogP contribution in [0.25, 0.3) is 0 Å². The molecule has 0 radical (unpaired) electrons. The summed E-state index contributed by atoms with van der Waals surface area (Å²) < 4.78 is 0. The molecule has 2 aromatic rings. The van der Waals surface area contributed by atoms with Gasteiger partial charge < -0.3 is 5.73 Å². The predicted octanol–water partition coefficient (Wildman–Crippen LogP) is 2.94. The third-order valence-corrected chi connectivity index (χ3v) is 4.55. The van der Waals surface area contributed by atoms with Crippen LogP contribution in [0.5, 0.6) is 0 Å². The molecule has 0 saturated heterocycles. The molecule has 1 fully saturated rings. The van der Waals surface area contributed by atoms with Gasteiger partial charge in [0.2, 0.25) is 0 Å². The van der Waals surface area contributed by atoms with Crippen LogP contribution >= 0.6 is 23.6 Å². The Labute approximate surface area is 128 Å². The second-order valence-electron chi connectivity index (χ2n) is 5.09. The maximum Gasteiger partial charge on any atom is 0.123 e. The second kappa shape index (κ2) is 5.99. The third kappa shape index (κ3) is 3.23. The van der Waals surface area contributed by atoms with Crippen molar-refractivity contribution < 1.29 is 0 Å². The third-order valence-electron chi connectivity index (χ3n) is 3.50. The first kappa shape index (κ1) is 13.7. The van der Waals surface area contributed by atoms with Gasteiger partial charge in [-0.05, 0) is 35.9 Å². The lowest BCUT2D eigenvalue weighted by atomic mass is 10.1. The maximum atomic E-state index is 5.77. The first-order valence-corrected chi connectivity index (χ1v) is 8.03. The lowest BCUT2D eigenvalue weighted by Gasteiger charge is -2.22. The molecule has 3 nitrogen and oxygen atoms in total. The van der Waals surface area contributed by atoms with E-state index < -0.39 is 0 Å². The zero-order valence-corrected chi connectivity index (χ0v) is 12.8. The summed E-state index contributed by atoms with van der Waals surface area (Å²) in [6.07, 6.45) is 4.32. The van der Waals surface area contributed by atoms with Crippen molar-refractivity contribution in [3.8, 4) is 0 Å². The van der Waals surface area contributed by atoms with E-state index in [4.69, 9.17) is 18.0 Å². The summed E-state index contributed by atoms with van der Waals surface area (Å²) in [6.45, 7) is 1.86. The van der Waals surface area contributed by atoms with Gasteiger partial charge in [0.1, 0.15) is 10.7 Å². The maximum absolute atomic E-state index is 5.77. The average Bonchev–Trinajstić information content (AvgIpc) is 3.17. The van der Waals surface area contributed by atoms with Gasteiger partial charge in [0.15, 0.2) is 0 Å². The van der Waals surface area contributed by atoms with E-state index in [1.165, 1.54) is 17.7 Å². The number of nitrogens with two attached hydrogens (primary N) is 1. The summed E-state index contributed by atoms with van der Waals surface area (Å²) in [6, 6.07) is 9.02. The minimum Gasteiger partial charge on any atom is -0.388 e. The first-order chi connectivity index (χ1) is 9.74. The number of hydrogen-bond donors (Lipinski definition) is 1. The smallest absolute Gasteiger partial charge is 0.123 e. The van der Waals surface area contributed by atoms with E-state index in [2.05, 4.69) is 33.5 Å². The molecule has 1 aliphatic carbocycles. The highest BCUT2D eigenvalue weighted by atomic mass is 32.1. The normalized spacial score (nSPS) is 14.7. The van der Waals surface area contributed by atoms with Crippen LogP contribution < -0.4 is 5.73 Å². The number of aromatic nitrogens is 1. The summed E-state index contributed by atoms with van der Waals surface area (Å²) in [4.78, 5) is 8.60. The number of nitrogens with zero attached hydrogens (tertiary/aromatic N) is 2. The van der Waals surface area contributed by atoms with E-state index in [1.807, 2.05) is 17.4 Å². The molecule has 1 saturated carbocycles. The van der Waals surface area contributed by atoms with Crippen LogP contribution in [0.4, 0.5) is 0 Å². The van der Waals surface area contributed by atoms with Gasteiger partial charge in [-0.25, -0.2) is 0 Å². The Hall–Kier alpha value is -1.30. The molecule has 104 valence electrons. The van der Waals surface area contributed by atoms with E-state index in [0.29, 0.717) is 11.0 Å². The minimum atomic E-state index is 0.382. The molecule has 2 aromatic heterocycles. The predicted molar refractivity (Wildman–Crippen MR) is 86.7 cm³/mol. The molecule has 0 atom stereocenters. The standard InChI is InChI=1S/C15H17N3S2/c16-15(19)14-11(3-1-7-17-14)9-18(12-5-6-12)10-13-4-2-8-20-13/h1-4,7-8,12H,5-6,9-10H2,(H2,16,19). The monoisotopic (exact) mass is 303 g/mol. The Morgan fingerprint density at radius 2 is 2.20 bits per heavy atom. The van der Waals surface area contributed by atoms with Crippen molar-refractivity contribution in [3.63, 3.8) is 0 Å². The van der Waals surface area contributed by atoms with Crippen molar-refractivity contribution in [2.75, 3.05) is 0 Å². The molecule has 0 aromatic carbocycles. The molecule has 0 unspecified atom stereocenters. The quantitative estimate of drug-likeness (QED) is 0.833. The van der Waals surface area contributed by atoms with E-state index in [0.717, 1.165) is 24.3 Å². The molecule has 2 heterocycles. The fraction of sp³-hybridized carbons (Fsp3) is 0.333. The Morgan fingerprint density at radius 3 is 2.85 bits per heavy atom. The molecule has 0 aliphatic heterocycles. The first-order valence-electron chi connectivity index (χ1n) is 6.74. The van der Waals surface area contributed by atoms with Crippen molar-refractivity contribution in [2.24, 2.45) is 5.73 Å². The van der Waals surface area contributed by atoms with Crippen LogP contribution in [0.2, 0.25) is 0 Å². The van der Waals surface area contributed by atoms with Crippen LogP contribution in [-0.2, 0) is 13.1 Å². The summed E-state index contributed by atoms with van der Waals surface area (Å²) in [5, 5.41) is 2.13. The van der Waals surface area contributed by atoms with Crippen LogP contribution in [0.3, 0.4) is 0 Å². The fourth-order valence-corrected chi connectivity index (χ4v) is 3.28. The van der Waals surface area contributed by atoms with E-state index in [1.54, 1.807) is 6.20 Å². The largest absolute Gasteiger partial charge is 0.388 e. The SMILES string of the molecule is NC(=S)c1ncccc1CN(Cc1cccs1)C1CC1. The van der Waals surface area contributed by atoms with Gasteiger partial charge in [-0.3, -0.25) is 9.88 Å². The lowest BCUT2D eigenvalue weighted by Crippen LogP contribution is -2.26. The Bertz CT molecular complexity index is 591. The molecule has 0 spiro atoms. The van der Waals surface area contributed by atoms with E-state index in [9.17, 15) is 0 Å². The Balaban J connectivity index is 1.78. The van der Waals surface area contributed by atoms with Gasteiger partial charge in [0, 0.05) is 30.2 Å². The molecule has 5 heteroatoms. The average molecular weight is 303 g/mol. The molecule has 3 rings (SSSR count). The molecule has 1 aliphatic rings. The van der Waals surface area contributed by atoms with Gasteiger partial charge in [-0.1, -0.05) is 24.4 Å². The summed E-state index contributed by atoms with van der Waals surface area (Å²) in [7, 11) is 0. The Kier molecular flexibility index (Phi) is 4.10. The summed E-state index contributed by atoms with van der Waals surface area (Å²) in [5.41, 5.74) is 7.66. The number of thiocarbonyl (C=S) groups is 1. The van der Waals surface area contributed by atoms with E-state index in [-0.39, 0.29) is 0 Å². The summed E-state index contributed by atoms with van der Waals surface area (Å²) in [5.74, 6) is 0. The van der Waals surface area contributed by atoms with Gasteiger partial charge >= 0.3 is 0 Å². The molecule has 0 amide bonds. The van der Waals surface area contributed by atoms with Crippen LogP contribution in [0.15, 0.2) is 35.8 Å². The molecule has 2 N–H and O–H groups in total. The van der Waals surface area contributed by atoms with Crippen LogP contribution in [0.1, 0.15) is 29.0 Å². The second-order valence-corrected chi connectivity index (χ2v) is 6.56. The number of pyridine rings is 1. The number of hydrogen-bond acceptors (Lipinski definition) is 4. The van der Waals surface area contributed by atoms with Gasteiger partial charge in [-0.2, -0.15) is 0 Å². The highest BCUT2D eigenvalue weighted by Crippen LogP contribution is 2.30. The van der Waals surface area contributed by atoms with Crippen molar-refractivity contribution in [3.05, 3.63) is 52.0 Å². The zero-order valence-electron chi connectivity index (χ0n) is 11.2. The van der Waals surface area contributed by atoms with E-state index >= 15 is 0 Å². The minimum absolute atomic E-state index is 0.382. The zero-order chi connectivity index (χ0) is 13.9. The van der Waals surface area contributed by atoms with Crippen LogP contribution in [-0.4, -0.2) is 20.9 Å². The molecule has 20 heavy (non-hydrogen) atoms. The van der Waals surface area contributed by atoms with Crippen molar-refractivity contribution in [1.29, 1.82) is 0 Å². The molecular weight excluding hydrogens is 286 g/mol. The Morgan fingerprint density at radius 1 is 1.35 bits per heavy atom. The highest BCUT2D eigenvalue weighted by molar-refractivity contribution is 7.80. The van der Waals surface area contributed by atoms with Crippen LogP contribution in [0, 0.1) is 0 Å². The summed E-state index contributed by atoms with van der Waals surface area (Å²) >= 11 is 6.91. The lowest BCUT2D eigenvalue weighted by molar-refractivity contribution is 0.247.